The van der Waals surface area contributed by atoms with Crippen LogP contribution in [0.3, 0.4) is 0 Å². The molecule has 4 nitrogen and oxygen atoms in total. The van der Waals surface area contributed by atoms with E-state index >= 15 is 0 Å². The first-order valence-corrected chi connectivity index (χ1v) is 8.33. The minimum atomic E-state index is -0.392. The summed E-state index contributed by atoms with van der Waals surface area (Å²) in [5, 5.41) is 10.6. The van der Waals surface area contributed by atoms with Crippen LogP contribution in [0, 0.1) is 10.1 Å². The zero-order valence-electron chi connectivity index (χ0n) is 10.4. The molecule has 0 fully saturated rings. The number of nitrogens with zero attached hydrogens (tertiary/aromatic N) is 2. The van der Waals surface area contributed by atoms with Gasteiger partial charge in [-0.1, -0.05) is 0 Å². The Morgan fingerprint density at radius 3 is 2.50 bits per heavy atom. The van der Waals surface area contributed by atoms with Crippen molar-refractivity contribution < 1.29 is 4.92 Å². The van der Waals surface area contributed by atoms with Crippen LogP contribution in [-0.4, -0.2) is 30.3 Å². The maximum atomic E-state index is 10.6. The number of rotatable bonds is 3. The summed E-state index contributed by atoms with van der Waals surface area (Å²) in [4.78, 5) is 14.8. The zero-order valence-corrected chi connectivity index (χ0v) is 12.7. The topological polar surface area (TPSA) is 56.0 Å². The van der Waals surface area contributed by atoms with Crippen molar-refractivity contribution in [2.75, 3.05) is 0 Å². The van der Waals surface area contributed by atoms with Gasteiger partial charge in [-0.2, -0.15) is 0 Å². The second-order valence-electron chi connectivity index (χ2n) is 4.20. The molecule has 0 radical (unpaired) electrons. The number of nitro groups is 1. The molecule has 0 N–H and O–H groups in total. The summed E-state index contributed by atoms with van der Waals surface area (Å²) in [6.45, 7) is 0. The van der Waals surface area contributed by atoms with Crippen LogP contribution in [0.15, 0.2) is 48.5 Å². The Balaban J connectivity index is 1.84. The van der Waals surface area contributed by atoms with E-state index in [0.717, 1.165) is 14.8 Å². The van der Waals surface area contributed by atoms with Gasteiger partial charge in [-0.15, -0.1) is 0 Å². The van der Waals surface area contributed by atoms with Crippen molar-refractivity contribution in [1.82, 2.24) is 4.98 Å². The second-order valence-corrected chi connectivity index (χ2v) is 7.23. The molecule has 0 saturated carbocycles. The molecule has 0 aliphatic carbocycles. The van der Waals surface area contributed by atoms with Crippen LogP contribution in [0.5, 0.6) is 0 Å². The second kappa shape index (κ2) is 5.58. The molecule has 0 aliphatic heterocycles. The Bertz CT molecular complexity index is 758. The van der Waals surface area contributed by atoms with Gasteiger partial charge in [0.1, 0.15) is 0 Å². The molecule has 20 heavy (non-hydrogen) atoms. The minimum absolute atomic E-state index is 0.113. The van der Waals surface area contributed by atoms with Crippen molar-refractivity contribution in [2.24, 2.45) is 0 Å². The van der Waals surface area contributed by atoms with Crippen molar-refractivity contribution in [3.05, 3.63) is 67.9 Å². The predicted octanol–water partition coefficient (Wildman–Crippen LogP) is 3.37. The van der Waals surface area contributed by atoms with Crippen molar-refractivity contribution in [3.63, 3.8) is 0 Å². The van der Waals surface area contributed by atoms with E-state index in [1.165, 1.54) is 15.5 Å². The van der Waals surface area contributed by atoms with Crippen LogP contribution < -0.4 is 0 Å². The van der Waals surface area contributed by atoms with Crippen LogP contribution >= 0.6 is 0 Å². The molecule has 1 aromatic heterocycles. The Hall–Kier alpha value is -1.96. The molecule has 1 heterocycles. The molecule has 98 valence electrons. The van der Waals surface area contributed by atoms with Gasteiger partial charge >= 0.3 is 125 Å². The Labute approximate surface area is 125 Å². The molecule has 0 atom stereocenters. The number of hydrogen-bond acceptors (Lipinski definition) is 3. The monoisotopic (exact) mass is 380 g/mol. The van der Waals surface area contributed by atoms with Crippen molar-refractivity contribution >= 4 is 47.2 Å². The summed E-state index contributed by atoms with van der Waals surface area (Å²) >= 11 is -0.392. The standard InChI is InChI=1S/C15H10N2O2Te/c18-17(19)12-8-5-11(6-9-12)7-10-15-16-13-3-1-2-4-14(13)20-15/h1-10H/b10-7+. The number of benzene rings is 2. The van der Waals surface area contributed by atoms with Crippen molar-refractivity contribution in [1.29, 1.82) is 0 Å². The van der Waals surface area contributed by atoms with E-state index in [2.05, 4.69) is 11.1 Å². The molecule has 0 spiro atoms. The van der Waals surface area contributed by atoms with Gasteiger partial charge in [0, 0.05) is 0 Å². The van der Waals surface area contributed by atoms with E-state index in [1.807, 2.05) is 30.4 Å². The molecule has 3 aromatic rings. The zero-order chi connectivity index (χ0) is 13.9. The first-order valence-electron chi connectivity index (χ1n) is 6.00. The van der Waals surface area contributed by atoms with Gasteiger partial charge < -0.3 is 0 Å². The van der Waals surface area contributed by atoms with E-state index in [9.17, 15) is 10.1 Å². The number of fused-ring (bicyclic) bond motifs is 1. The first kappa shape index (κ1) is 13.0. The van der Waals surface area contributed by atoms with E-state index in [4.69, 9.17) is 0 Å². The number of aromatic nitrogens is 1. The number of nitro benzene ring substituents is 1. The number of para-hydroxylation sites is 1. The van der Waals surface area contributed by atoms with Crippen LogP contribution in [0.1, 0.15) is 9.27 Å². The van der Waals surface area contributed by atoms with E-state index in [0.29, 0.717) is 0 Å². The molecular weight excluding hydrogens is 368 g/mol. The molecule has 0 saturated heterocycles. The van der Waals surface area contributed by atoms with Crippen LogP contribution in [0.25, 0.3) is 21.1 Å². The van der Waals surface area contributed by atoms with Crippen molar-refractivity contribution in [2.45, 2.75) is 0 Å². The third-order valence-corrected chi connectivity index (χ3v) is 5.69. The first-order chi connectivity index (χ1) is 9.72. The number of hydrogen-bond donors (Lipinski definition) is 0. The van der Waals surface area contributed by atoms with Crippen LogP contribution in [0.4, 0.5) is 5.69 Å². The van der Waals surface area contributed by atoms with Gasteiger partial charge in [-0.3, -0.25) is 0 Å². The van der Waals surface area contributed by atoms with E-state index in [-0.39, 0.29) is 5.69 Å². The summed E-state index contributed by atoms with van der Waals surface area (Å²) in [6.07, 6.45) is 3.97. The maximum absolute atomic E-state index is 10.6. The molecule has 2 aromatic carbocycles. The third-order valence-electron chi connectivity index (χ3n) is 2.83. The summed E-state index contributed by atoms with van der Waals surface area (Å²) < 4.78 is 2.50. The predicted molar refractivity (Wildman–Crippen MR) is 80.7 cm³/mol. The Morgan fingerprint density at radius 1 is 1.05 bits per heavy atom. The summed E-state index contributed by atoms with van der Waals surface area (Å²) in [7, 11) is 0. The average Bonchev–Trinajstić information content (AvgIpc) is 2.88. The van der Waals surface area contributed by atoms with Gasteiger partial charge in [-0.05, 0) is 0 Å². The molecule has 0 amide bonds. The Kier molecular flexibility index (Phi) is 3.64. The van der Waals surface area contributed by atoms with Crippen LogP contribution in [-0.2, 0) is 0 Å². The normalized spacial score (nSPS) is 11.2. The van der Waals surface area contributed by atoms with Crippen LogP contribution in [0.2, 0.25) is 0 Å². The van der Waals surface area contributed by atoms with Gasteiger partial charge in [0.15, 0.2) is 0 Å². The molecule has 0 aliphatic rings. The average molecular weight is 378 g/mol. The van der Waals surface area contributed by atoms with Crippen molar-refractivity contribution in [3.8, 4) is 0 Å². The SMILES string of the molecule is O=[N+]([O-])c1ccc(/C=C/c2nc3ccccc3[te]2)cc1. The summed E-state index contributed by atoms with van der Waals surface area (Å²) in [5.74, 6) is 0. The fraction of sp³-hybridized carbons (Fsp3) is 0. The van der Waals surface area contributed by atoms with Gasteiger partial charge in [0.2, 0.25) is 0 Å². The molecule has 0 bridgehead atoms. The molecule has 5 heteroatoms. The fourth-order valence-electron chi connectivity index (χ4n) is 1.84. The fourth-order valence-corrected chi connectivity index (χ4v) is 4.32. The van der Waals surface area contributed by atoms with Gasteiger partial charge in [0.05, 0.1) is 0 Å². The number of non-ortho nitro benzene ring substituents is 1. The summed E-state index contributed by atoms with van der Waals surface area (Å²) in [6, 6.07) is 14.7. The van der Waals surface area contributed by atoms with E-state index in [1.54, 1.807) is 12.1 Å². The Morgan fingerprint density at radius 2 is 1.80 bits per heavy atom. The quantitative estimate of drug-likeness (QED) is 0.399. The molecule has 3 rings (SSSR count). The third kappa shape index (κ3) is 2.79. The molecular formula is C15H10N2O2Te. The van der Waals surface area contributed by atoms with Gasteiger partial charge in [-0.25, -0.2) is 0 Å². The molecule has 0 unspecified atom stereocenters. The van der Waals surface area contributed by atoms with E-state index < -0.39 is 25.4 Å². The summed E-state index contributed by atoms with van der Waals surface area (Å²) in [5.41, 5.74) is 2.14. The van der Waals surface area contributed by atoms with Gasteiger partial charge in [0.25, 0.3) is 0 Å².